The maximum atomic E-state index is 13.8. The molecule has 3 heterocycles. The number of likely N-dealkylation sites (tertiary alicyclic amines) is 1. The number of aromatic amines is 1. The quantitative estimate of drug-likeness (QED) is 0.212. The van der Waals surface area contributed by atoms with Crippen molar-refractivity contribution in [3.05, 3.63) is 105 Å². The molecule has 2 saturated heterocycles. The average Bonchev–Trinajstić information content (AvgIpc) is 3.77. The number of nitrogens with one attached hydrogen (secondary N) is 2. The molecule has 0 bridgehead atoms. The van der Waals surface area contributed by atoms with Crippen molar-refractivity contribution in [2.24, 2.45) is 0 Å². The molecule has 43 heavy (non-hydrogen) atoms. The number of halogens is 2. The molecule has 2 N–H and O–H groups in total. The summed E-state index contributed by atoms with van der Waals surface area (Å²) in [6.45, 7) is 1.50. The fourth-order valence-corrected chi connectivity index (χ4v) is 6.25. The molecule has 2 aliphatic heterocycles. The molecule has 9 nitrogen and oxygen atoms in total. The summed E-state index contributed by atoms with van der Waals surface area (Å²) in [4.78, 5) is 50.5. The van der Waals surface area contributed by atoms with Crippen molar-refractivity contribution >= 4 is 45.4 Å². The standard InChI is InChI=1S/C32H29BrClN5O4/c33-22-10-13-24(25(34)17-22)26-18-35-30(36-26)27(16-20-6-2-1-3-7-20)39-31(41)29(37-32(39)42)21-8-11-23(12-9-21)43-19-28(40)38-14-4-5-15-38/h1-3,6-13,17-18,27,29H,4-5,14-16,19H2,(H,35,36)(H,37,42)/t27-,29?/m1/s1. The minimum Gasteiger partial charge on any atom is -0.484 e. The molecule has 0 spiro atoms. The molecule has 220 valence electrons. The Balaban J connectivity index is 1.22. The van der Waals surface area contributed by atoms with E-state index in [9.17, 15) is 14.4 Å². The summed E-state index contributed by atoms with van der Waals surface area (Å²) in [5, 5.41) is 3.37. The molecule has 2 aliphatic rings. The summed E-state index contributed by atoms with van der Waals surface area (Å²) >= 11 is 9.91. The number of hydrogen-bond acceptors (Lipinski definition) is 5. The van der Waals surface area contributed by atoms with Gasteiger partial charge in [-0.1, -0.05) is 76.1 Å². The largest absolute Gasteiger partial charge is 0.484 e. The molecule has 4 aromatic rings. The van der Waals surface area contributed by atoms with Crippen molar-refractivity contribution in [1.29, 1.82) is 0 Å². The summed E-state index contributed by atoms with van der Waals surface area (Å²) in [6.07, 6.45) is 4.06. The van der Waals surface area contributed by atoms with Crippen molar-refractivity contribution in [2.75, 3.05) is 19.7 Å². The smallest absolute Gasteiger partial charge is 0.325 e. The van der Waals surface area contributed by atoms with E-state index in [1.165, 1.54) is 4.90 Å². The molecule has 2 fully saturated rings. The number of rotatable bonds is 9. The molecular weight excluding hydrogens is 634 g/mol. The van der Waals surface area contributed by atoms with Crippen LogP contribution in [-0.4, -0.2) is 57.3 Å². The van der Waals surface area contributed by atoms with E-state index in [1.54, 1.807) is 41.4 Å². The first kappa shape index (κ1) is 28.9. The van der Waals surface area contributed by atoms with Gasteiger partial charge in [0.2, 0.25) is 0 Å². The molecule has 4 amide bonds. The van der Waals surface area contributed by atoms with E-state index in [0.717, 1.165) is 41.5 Å². The Morgan fingerprint density at radius 1 is 1.05 bits per heavy atom. The molecule has 0 radical (unpaired) electrons. The van der Waals surface area contributed by atoms with Crippen LogP contribution in [0, 0.1) is 0 Å². The second-order valence-electron chi connectivity index (χ2n) is 10.5. The van der Waals surface area contributed by atoms with Gasteiger partial charge in [-0.3, -0.25) is 14.5 Å². The van der Waals surface area contributed by atoms with Crippen LogP contribution in [0.4, 0.5) is 4.79 Å². The third-order valence-electron chi connectivity index (χ3n) is 7.72. The van der Waals surface area contributed by atoms with Gasteiger partial charge in [0.25, 0.3) is 11.8 Å². The Morgan fingerprint density at radius 3 is 2.51 bits per heavy atom. The Labute approximate surface area is 262 Å². The van der Waals surface area contributed by atoms with Gasteiger partial charge in [-0.05, 0) is 48.2 Å². The number of hydrogen-bond donors (Lipinski definition) is 2. The number of carbonyl (C=O) groups is 3. The van der Waals surface area contributed by atoms with E-state index in [0.29, 0.717) is 34.3 Å². The summed E-state index contributed by atoms with van der Waals surface area (Å²) in [5.74, 6) is 0.557. The highest BCUT2D eigenvalue weighted by molar-refractivity contribution is 9.10. The number of urea groups is 1. The van der Waals surface area contributed by atoms with Crippen LogP contribution in [0.15, 0.2) is 83.5 Å². The van der Waals surface area contributed by atoms with Gasteiger partial charge in [0, 0.05) is 29.5 Å². The zero-order valence-corrected chi connectivity index (χ0v) is 25.5. The molecule has 1 aromatic heterocycles. The van der Waals surface area contributed by atoms with Gasteiger partial charge >= 0.3 is 6.03 Å². The molecule has 2 atom stereocenters. The number of imide groups is 1. The molecular formula is C32H29BrClN5O4. The number of nitrogens with zero attached hydrogens (tertiary/aromatic N) is 3. The fraction of sp³-hybridized carbons (Fsp3) is 0.250. The van der Waals surface area contributed by atoms with E-state index >= 15 is 0 Å². The second-order valence-corrected chi connectivity index (χ2v) is 11.9. The molecule has 3 aromatic carbocycles. The van der Waals surface area contributed by atoms with Crippen LogP contribution in [0.3, 0.4) is 0 Å². The molecule has 0 saturated carbocycles. The average molecular weight is 663 g/mol. The lowest BCUT2D eigenvalue weighted by Gasteiger charge is -2.24. The molecule has 1 unspecified atom stereocenters. The zero-order valence-electron chi connectivity index (χ0n) is 23.1. The second kappa shape index (κ2) is 12.6. The number of amides is 4. The van der Waals surface area contributed by atoms with Gasteiger partial charge in [0.15, 0.2) is 6.61 Å². The predicted octanol–water partition coefficient (Wildman–Crippen LogP) is 6.07. The maximum absolute atomic E-state index is 13.8. The first-order valence-corrected chi connectivity index (χ1v) is 15.2. The minimum atomic E-state index is -0.874. The molecule has 6 rings (SSSR count). The number of carbonyl (C=O) groups excluding carboxylic acids is 3. The number of H-pyrrole nitrogens is 1. The van der Waals surface area contributed by atoms with Gasteiger partial charge in [-0.25, -0.2) is 9.78 Å². The molecule has 11 heteroatoms. The maximum Gasteiger partial charge on any atom is 0.325 e. The first-order chi connectivity index (χ1) is 20.9. The van der Waals surface area contributed by atoms with E-state index in [-0.39, 0.29) is 18.4 Å². The monoisotopic (exact) mass is 661 g/mol. The van der Waals surface area contributed by atoms with Crippen molar-refractivity contribution in [3.8, 4) is 17.0 Å². The van der Waals surface area contributed by atoms with Crippen LogP contribution >= 0.6 is 27.5 Å². The summed E-state index contributed by atoms with van der Waals surface area (Å²) < 4.78 is 6.54. The van der Waals surface area contributed by atoms with Crippen LogP contribution in [-0.2, 0) is 16.0 Å². The number of imidazole rings is 1. The summed E-state index contributed by atoms with van der Waals surface area (Å²) in [5.41, 5.74) is 2.98. The normalized spacial score (nSPS) is 17.3. The predicted molar refractivity (Wildman–Crippen MR) is 165 cm³/mol. The van der Waals surface area contributed by atoms with Crippen LogP contribution < -0.4 is 10.1 Å². The SMILES string of the molecule is O=C(COc1ccc(C2NC(=O)N([C@H](Cc3ccccc3)c3ncc(-c4ccc(Br)cc4Cl)[nH]3)C2=O)cc1)N1CCCC1. The van der Waals surface area contributed by atoms with Gasteiger partial charge in [0.05, 0.1) is 16.9 Å². The number of benzene rings is 3. The van der Waals surface area contributed by atoms with Crippen LogP contribution in [0.1, 0.15) is 41.9 Å². The van der Waals surface area contributed by atoms with E-state index in [2.05, 4.69) is 31.2 Å². The van der Waals surface area contributed by atoms with Crippen LogP contribution in [0.5, 0.6) is 5.75 Å². The molecule has 0 aliphatic carbocycles. The highest BCUT2D eigenvalue weighted by atomic mass is 79.9. The first-order valence-electron chi connectivity index (χ1n) is 14.1. The van der Waals surface area contributed by atoms with Crippen molar-refractivity contribution in [1.82, 2.24) is 25.1 Å². The van der Waals surface area contributed by atoms with Crippen LogP contribution in [0.2, 0.25) is 5.02 Å². The summed E-state index contributed by atoms with van der Waals surface area (Å²) in [6, 6.07) is 20.0. The van der Waals surface area contributed by atoms with Gasteiger partial charge < -0.3 is 19.9 Å². The van der Waals surface area contributed by atoms with E-state index in [1.807, 2.05) is 42.5 Å². The topological polar surface area (TPSA) is 108 Å². The van der Waals surface area contributed by atoms with E-state index in [4.69, 9.17) is 16.3 Å². The Bertz CT molecular complexity index is 1640. The Hall–Kier alpha value is -4.15. The van der Waals surface area contributed by atoms with Gasteiger partial charge in [-0.15, -0.1) is 0 Å². The third kappa shape index (κ3) is 6.30. The van der Waals surface area contributed by atoms with Gasteiger partial charge in [-0.2, -0.15) is 0 Å². The highest BCUT2D eigenvalue weighted by Gasteiger charge is 2.44. The third-order valence-corrected chi connectivity index (χ3v) is 8.53. The lowest BCUT2D eigenvalue weighted by atomic mass is 10.0. The van der Waals surface area contributed by atoms with Crippen LogP contribution in [0.25, 0.3) is 11.3 Å². The fourth-order valence-electron chi connectivity index (χ4n) is 5.47. The number of ether oxygens (including phenoxy) is 1. The van der Waals surface area contributed by atoms with Crippen molar-refractivity contribution in [2.45, 2.75) is 31.3 Å². The summed E-state index contributed by atoms with van der Waals surface area (Å²) in [7, 11) is 0. The highest BCUT2D eigenvalue weighted by Crippen LogP contribution is 2.35. The lowest BCUT2D eigenvalue weighted by Crippen LogP contribution is -2.36. The minimum absolute atomic E-state index is 0.0377. The van der Waals surface area contributed by atoms with Gasteiger partial charge in [0.1, 0.15) is 23.7 Å². The zero-order chi connectivity index (χ0) is 29.9. The lowest BCUT2D eigenvalue weighted by molar-refractivity contribution is -0.132. The Kier molecular flexibility index (Phi) is 8.49. The van der Waals surface area contributed by atoms with E-state index < -0.39 is 18.1 Å². The number of aromatic nitrogens is 2. The van der Waals surface area contributed by atoms with Crippen molar-refractivity contribution < 1.29 is 19.1 Å². The van der Waals surface area contributed by atoms with Crippen molar-refractivity contribution in [3.63, 3.8) is 0 Å². The Morgan fingerprint density at radius 2 is 1.79 bits per heavy atom.